The largest absolute Gasteiger partial charge is 0.481 e. The fraction of sp³-hybridized carbons (Fsp3) is 0.846. The quantitative estimate of drug-likeness (QED) is 0.703. The summed E-state index contributed by atoms with van der Waals surface area (Å²) < 4.78 is 0. The molecule has 19 heavy (non-hydrogen) atoms. The summed E-state index contributed by atoms with van der Waals surface area (Å²) >= 11 is 1.84. The molecule has 0 aliphatic carbocycles. The van der Waals surface area contributed by atoms with Gasteiger partial charge in [0, 0.05) is 19.1 Å². The SMILES string of the molecule is CSCCCCCNC(=O)N1CCC(C(=O)O)C1C. The molecule has 2 amide bonds. The number of nitrogens with one attached hydrogen (secondary N) is 1. The van der Waals surface area contributed by atoms with Gasteiger partial charge in [-0.05, 0) is 38.2 Å². The smallest absolute Gasteiger partial charge is 0.317 e. The minimum Gasteiger partial charge on any atom is -0.481 e. The number of carboxylic acids is 1. The number of carboxylic acid groups (broad SMARTS) is 1. The predicted molar refractivity (Wildman–Crippen MR) is 77.5 cm³/mol. The van der Waals surface area contributed by atoms with E-state index in [0.717, 1.165) is 18.6 Å². The lowest BCUT2D eigenvalue weighted by Gasteiger charge is -2.23. The number of urea groups is 1. The van der Waals surface area contributed by atoms with Gasteiger partial charge < -0.3 is 15.3 Å². The van der Waals surface area contributed by atoms with Gasteiger partial charge in [-0.25, -0.2) is 4.79 Å². The third-order valence-corrected chi connectivity index (χ3v) is 4.33. The third kappa shape index (κ3) is 4.93. The van der Waals surface area contributed by atoms with E-state index in [1.807, 2.05) is 18.7 Å². The van der Waals surface area contributed by atoms with E-state index in [1.165, 1.54) is 6.42 Å². The first-order valence-corrected chi connectivity index (χ1v) is 8.23. The van der Waals surface area contributed by atoms with Crippen LogP contribution in [0.1, 0.15) is 32.6 Å². The van der Waals surface area contributed by atoms with E-state index in [2.05, 4.69) is 11.6 Å². The van der Waals surface area contributed by atoms with Gasteiger partial charge in [0.2, 0.25) is 0 Å². The number of hydrogen-bond acceptors (Lipinski definition) is 3. The maximum Gasteiger partial charge on any atom is 0.317 e. The van der Waals surface area contributed by atoms with Crippen molar-refractivity contribution in [1.29, 1.82) is 0 Å². The van der Waals surface area contributed by atoms with E-state index in [4.69, 9.17) is 5.11 Å². The maximum atomic E-state index is 11.9. The highest BCUT2D eigenvalue weighted by Gasteiger charge is 2.37. The van der Waals surface area contributed by atoms with Gasteiger partial charge in [-0.3, -0.25) is 4.79 Å². The molecule has 0 aromatic carbocycles. The third-order valence-electron chi connectivity index (χ3n) is 3.63. The van der Waals surface area contributed by atoms with Gasteiger partial charge >= 0.3 is 12.0 Å². The first-order valence-electron chi connectivity index (χ1n) is 6.84. The monoisotopic (exact) mass is 288 g/mol. The molecule has 0 spiro atoms. The zero-order valence-corrected chi connectivity index (χ0v) is 12.5. The standard InChI is InChI=1S/C13H24N2O3S/c1-10-11(12(16)17)6-8-15(10)13(18)14-7-4-3-5-9-19-2/h10-11H,3-9H2,1-2H3,(H,14,18)(H,16,17). The number of carbonyl (C=O) groups excluding carboxylic acids is 1. The molecule has 2 atom stereocenters. The molecular weight excluding hydrogens is 264 g/mol. The summed E-state index contributed by atoms with van der Waals surface area (Å²) in [4.78, 5) is 24.6. The van der Waals surface area contributed by atoms with Crippen LogP contribution in [0.15, 0.2) is 0 Å². The van der Waals surface area contributed by atoms with Crippen LogP contribution < -0.4 is 5.32 Å². The van der Waals surface area contributed by atoms with Crippen LogP contribution in [0.4, 0.5) is 4.79 Å². The molecule has 0 saturated carbocycles. The number of nitrogens with zero attached hydrogens (tertiary/aromatic N) is 1. The molecule has 0 aromatic heterocycles. The zero-order chi connectivity index (χ0) is 14.3. The molecule has 2 N–H and O–H groups in total. The van der Waals surface area contributed by atoms with E-state index >= 15 is 0 Å². The maximum absolute atomic E-state index is 11.9. The summed E-state index contributed by atoms with van der Waals surface area (Å²) in [6.45, 7) is 3.02. The predicted octanol–water partition coefficient (Wildman–Crippen LogP) is 2.02. The van der Waals surface area contributed by atoms with Gasteiger partial charge in [0.25, 0.3) is 0 Å². The van der Waals surface area contributed by atoms with E-state index < -0.39 is 11.9 Å². The number of carbonyl (C=O) groups is 2. The molecule has 1 aliphatic rings. The zero-order valence-electron chi connectivity index (χ0n) is 11.7. The molecule has 1 saturated heterocycles. The molecule has 1 fully saturated rings. The normalized spacial score (nSPS) is 22.5. The minimum absolute atomic E-state index is 0.124. The van der Waals surface area contributed by atoms with Crippen LogP contribution in [0.5, 0.6) is 0 Å². The van der Waals surface area contributed by atoms with Gasteiger partial charge in [0.1, 0.15) is 0 Å². The summed E-state index contributed by atoms with van der Waals surface area (Å²) in [6, 6.07) is -0.338. The van der Waals surface area contributed by atoms with Crippen LogP contribution in [0.2, 0.25) is 0 Å². The average molecular weight is 288 g/mol. The highest BCUT2D eigenvalue weighted by atomic mass is 32.2. The Morgan fingerprint density at radius 1 is 1.37 bits per heavy atom. The van der Waals surface area contributed by atoms with E-state index in [-0.39, 0.29) is 12.1 Å². The van der Waals surface area contributed by atoms with Crippen molar-refractivity contribution in [3.63, 3.8) is 0 Å². The first-order chi connectivity index (χ1) is 9.07. The lowest BCUT2D eigenvalue weighted by atomic mass is 10.0. The minimum atomic E-state index is -0.806. The Labute approximate surface area is 119 Å². The number of likely N-dealkylation sites (tertiary alicyclic amines) is 1. The fourth-order valence-electron chi connectivity index (χ4n) is 2.40. The molecule has 110 valence electrons. The van der Waals surface area contributed by atoms with Crippen LogP contribution in [-0.2, 0) is 4.79 Å². The number of unbranched alkanes of at least 4 members (excludes halogenated alkanes) is 2. The molecule has 1 heterocycles. The number of aliphatic carboxylic acids is 1. The van der Waals surface area contributed by atoms with Crippen LogP contribution in [0.3, 0.4) is 0 Å². The van der Waals surface area contributed by atoms with Crippen molar-refractivity contribution in [3.05, 3.63) is 0 Å². The van der Waals surface area contributed by atoms with Crippen LogP contribution >= 0.6 is 11.8 Å². The van der Waals surface area contributed by atoms with Gasteiger partial charge in [0.05, 0.1) is 5.92 Å². The van der Waals surface area contributed by atoms with E-state index in [1.54, 1.807) is 4.90 Å². The Bertz CT molecular complexity index is 312. The topological polar surface area (TPSA) is 69.6 Å². The molecule has 0 bridgehead atoms. The molecule has 0 aromatic rings. The fourth-order valence-corrected chi connectivity index (χ4v) is 2.89. The van der Waals surface area contributed by atoms with Crippen molar-refractivity contribution in [1.82, 2.24) is 10.2 Å². The Morgan fingerprint density at radius 3 is 2.68 bits per heavy atom. The van der Waals surface area contributed by atoms with E-state index in [0.29, 0.717) is 19.5 Å². The lowest BCUT2D eigenvalue weighted by Crippen LogP contribution is -2.44. The van der Waals surface area contributed by atoms with Crippen molar-refractivity contribution in [3.8, 4) is 0 Å². The van der Waals surface area contributed by atoms with Crippen LogP contribution in [0, 0.1) is 5.92 Å². The average Bonchev–Trinajstić information content (AvgIpc) is 2.75. The Balaban J connectivity index is 2.21. The molecule has 1 aliphatic heterocycles. The summed E-state index contributed by atoms with van der Waals surface area (Å²) in [7, 11) is 0. The van der Waals surface area contributed by atoms with Gasteiger partial charge in [0.15, 0.2) is 0 Å². The lowest BCUT2D eigenvalue weighted by molar-refractivity contribution is -0.142. The first kappa shape index (κ1) is 16.1. The molecule has 0 radical (unpaired) electrons. The van der Waals surface area contributed by atoms with Crippen molar-refractivity contribution >= 4 is 23.8 Å². The number of hydrogen-bond donors (Lipinski definition) is 2. The summed E-state index contributed by atoms with van der Waals surface area (Å²) in [5.74, 6) is -0.0654. The number of amides is 2. The Hall–Kier alpha value is -0.910. The second-order valence-electron chi connectivity index (χ2n) is 4.95. The summed E-state index contributed by atoms with van der Waals surface area (Å²) in [6.07, 6.45) is 5.93. The molecule has 6 heteroatoms. The number of rotatable bonds is 7. The van der Waals surface area contributed by atoms with E-state index in [9.17, 15) is 9.59 Å². The second-order valence-corrected chi connectivity index (χ2v) is 5.94. The van der Waals surface area contributed by atoms with Crippen LogP contribution in [0.25, 0.3) is 0 Å². The highest BCUT2D eigenvalue weighted by Crippen LogP contribution is 2.24. The van der Waals surface area contributed by atoms with Gasteiger partial charge in [-0.2, -0.15) is 11.8 Å². The van der Waals surface area contributed by atoms with Crippen molar-refractivity contribution in [2.45, 2.75) is 38.6 Å². The number of thioether (sulfide) groups is 1. The summed E-state index contributed by atoms with van der Waals surface area (Å²) in [5, 5.41) is 11.9. The Kier molecular flexibility index (Phi) is 7.05. The van der Waals surface area contributed by atoms with Crippen molar-refractivity contribution in [2.24, 2.45) is 5.92 Å². The van der Waals surface area contributed by atoms with Crippen LogP contribution in [-0.4, -0.2) is 53.1 Å². The molecule has 2 unspecified atom stereocenters. The highest BCUT2D eigenvalue weighted by molar-refractivity contribution is 7.98. The van der Waals surface area contributed by atoms with Crippen molar-refractivity contribution < 1.29 is 14.7 Å². The van der Waals surface area contributed by atoms with Gasteiger partial charge in [-0.1, -0.05) is 6.42 Å². The molecular formula is C13H24N2O3S. The molecule has 5 nitrogen and oxygen atoms in total. The Morgan fingerprint density at radius 2 is 2.11 bits per heavy atom. The molecule has 1 rings (SSSR count). The van der Waals surface area contributed by atoms with Crippen molar-refractivity contribution in [2.75, 3.05) is 25.1 Å². The summed E-state index contributed by atoms with van der Waals surface area (Å²) in [5.41, 5.74) is 0. The second kappa shape index (κ2) is 8.30. The van der Waals surface area contributed by atoms with Gasteiger partial charge in [-0.15, -0.1) is 0 Å².